The van der Waals surface area contributed by atoms with Crippen LogP contribution in [0.15, 0.2) is 88.1 Å². The van der Waals surface area contributed by atoms with Crippen LogP contribution in [0.4, 0.5) is 0 Å². The fourth-order valence-corrected chi connectivity index (χ4v) is 3.03. The zero-order chi connectivity index (χ0) is 21.8. The second-order valence-electron chi connectivity index (χ2n) is 6.97. The number of rotatable bonds is 6. The predicted octanol–water partition coefficient (Wildman–Crippen LogP) is 5.27. The average molecular weight is 416 g/mol. The number of hydrogen-bond acceptors (Lipinski definition) is 6. The summed E-state index contributed by atoms with van der Waals surface area (Å²) in [5.74, 6) is 1.59. The molecule has 1 atom stereocenters. The number of para-hydroxylation sites is 1. The van der Waals surface area contributed by atoms with Gasteiger partial charge in [-0.15, -0.1) is 0 Å². The standard InChI is InChI=1S/C25H20O6/c1-16-14-24(26)31-23-15-21(12-13-22(16)23)30-25(27)17(2)28-19-8-10-20(11-9-19)29-18-6-4-3-5-7-18/h3-15,17H,1-2H3. The van der Waals surface area contributed by atoms with Gasteiger partial charge in [-0.1, -0.05) is 18.2 Å². The average Bonchev–Trinajstić information content (AvgIpc) is 2.75. The molecule has 4 rings (SSSR count). The Morgan fingerprint density at radius 3 is 2.23 bits per heavy atom. The van der Waals surface area contributed by atoms with Crippen LogP contribution in [0.2, 0.25) is 0 Å². The highest BCUT2D eigenvalue weighted by atomic mass is 16.6. The number of benzene rings is 3. The summed E-state index contributed by atoms with van der Waals surface area (Å²) in [5.41, 5.74) is 0.697. The van der Waals surface area contributed by atoms with Crippen molar-refractivity contribution in [1.29, 1.82) is 0 Å². The van der Waals surface area contributed by atoms with Gasteiger partial charge in [-0.2, -0.15) is 0 Å². The van der Waals surface area contributed by atoms with E-state index in [1.807, 2.05) is 37.3 Å². The van der Waals surface area contributed by atoms with Crippen molar-refractivity contribution in [3.63, 3.8) is 0 Å². The van der Waals surface area contributed by atoms with Crippen molar-refractivity contribution in [2.24, 2.45) is 0 Å². The normalized spacial score (nSPS) is 11.7. The van der Waals surface area contributed by atoms with E-state index in [2.05, 4.69) is 0 Å². The molecule has 4 aromatic rings. The highest BCUT2D eigenvalue weighted by Gasteiger charge is 2.18. The molecule has 0 aliphatic carbocycles. The summed E-state index contributed by atoms with van der Waals surface area (Å²) in [4.78, 5) is 24.0. The summed E-state index contributed by atoms with van der Waals surface area (Å²) < 4.78 is 22.0. The van der Waals surface area contributed by atoms with Gasteiger partial charge in [-0.3, -0.25) is 0 Å². The van der Waals surface area contributed by atoms with Crippen LogP contribution < -0.4 is 19.8 Å². The van der Waals surface area contributed by atoms with Crippen LogP contribution in [0.1, 0.15) is 12.5 Å². The van der Waals surface area contributed by atoms with Gasteiger partial charge in [-0.25, -0.2) is 9.59 Å². The molecule has 0 N–H and O–H groups in total. The summed E-state index contributed by atoms with van der Waals surface area (Å²) in [6.45, 7) is 3.42. The van der Waals surface area contributed by atoms with Crippen molar-refractivity contribution in [2.45, 2.75) is 20.0 Å². The molecule has 6 nitrogen and oxygen atoms in total. The molecule has 156 valence electrons. The molecule has 31 heavy (non-hydrogen) atoms. The van der Waals surface area contributed by atoms with E-state index in [1.54, 1.807) is 43.3 Å². The Hall–Kier alpha value is -4.06. The lowest BCUT2D eigenvalue weighted by molar-refractivity contribution is -0.141. The fourth-order valence-electron chi connectivity index (χ4n) is 3.03. The summed E-state index contributed by atoms with van der Waals surface area (Å²) >= 11 is 0. The minimum atomic E-state index is -0.846. The first-order valence-electron chi connectivity index (χ1n) is 9.74. The third-order valence-electron chi connectivity index (χ3n) is 4.59. The Labute approximate surface area is 178 Å². The fraction of sp³-hybridized carbons (Fsp3) is 0.120. The number of carbonyl (C=O) groups is 1. The highest BCUT2D eigenvalue weighted by molar-refractivity contribution is 5.83. The molecular weight excluding hydrogens is 396 g/mol. The van der Waals surface area contributed by atoms with Crippen LogP contribution in [0.3, 0.4) is 0 Å². The number of ether oxygens (including phenoxy) is 3. The first-order valence-corrected chi connectivity index (χ1v) is 9.74. The molecule has 0 fully saturated rings. The summed E-state index contributed by atoms with van der Waals surface area (Å²) in [5, 5.41) is 0.779. The summed E-state index contributed by atoms with van der Waals surface area (Å²) in [6.07, 6.45) is -0.846. The van der Waals surface area contributed by atoms with Crippen LogP contribution in [0.5, 0.6) is 23.0 Å². The third-order valence-corrected chi connectivity index (χ3v) is 4.59. The van der Waals surface area contributed by atoms with Crippen molar-refractivity contribution in [3.05, 3.63) is 94.8 Å². The van der Waals surface area contributed by atoms with Gasteiger partial charge in [0.2, 0.25) is 0 Å². The lowest BCUT2D eigenvalue weighted by Gasteiger charge is -2.14. The van der Waals surface area contributed by atoms with E-state index in [-0.39, 0.29) is 5.75 Å². The van der Waals surface area contributed by atoms with Crippen LogP contribution in [0.25, 0.3) is 11.0 Å². The minimum Gasteiger partial charge on any atom is -0.479 e. The van der Waals surface area contributed by atoms with Crippen molar-refractivity contribution in [3.8, 4) is 23.0 Å². The molecule has 3 aromatic carbocycles. The van der Waals surface area contributed by atoms with Gasteiger partial charge in [0.05, 0.1) is 0 Å². The molecular formula is C25H20O6. The second-order valence-corrected chi connectivity index (χ2v) is 6.97. The van der Waals surface area contributed by atoms with E-state index < -0.39 is 17.7 Å². The van der Waals surface area contributed by atoms with Crippen LogP contribution in [-0.4, -0.2) is 12.1 Å². The Bertz CT molecular complexity index is 1260. The predicted molar refractivity (Wildman–Crippen MR) is 116 cm³/mol. The van der Waals surface area contributed by atoms with Gasteiger partial charge in [-0.05, 0) is 67.9 Å². The number of fused-ring (bicyclic) bond motifs is 1. The molecule has 0 aliphatic heterocycles. The van der Waals surface area contributed by atoms with E-state index >= 15 is 0 Å². The number of aryl methyl sites for hydroxylation is 1. The molecule has 1 aromatic heterocycles. The van der Waals surface area contributed by atoms with Crippen molar-refractivity contribution < 1.29 is 23.4 Å². The van der Waals surface area contributed by atoms with Crippen molar-refractivity contribution in [1.82, 2.24) is 0 Å². The van der Waals surface area contributed by atoms with Crippen molar-refractivity contribution in [2.75, 3.05) is 0 Å². The molecule has 0 radical (unpaired) electrons. The molecule has 0 spiro atoms. The smallest absolute Gasteiger partial charge is 0.352 e. The van der Waals surface area contributed by atoms with Gasteiger partial charge in [0.15, 0.2) is 6.10 Å². The van der Waals surface area contributed by atoms with Crippen LogP contribution >= 0.6 is 0 Å². The summed E-state index contributed by atoms with van der Waals surface area (Å²) in [7, 11) is 0. The maximum atomic E-state index is 12.4. The van der Waals surface area contributed by atoms with Crippen molar-refractivity contribution >= 4 is 16.9 Å². The van der Waals surface area contributed by atoms with Gasteiger partial charge < -0.3 is 18.6 Å². The summed E-state index contributed by atoms with van der Waals surface area (Å²) in [6, 6.07) is 22.7. The zero-order valence-corrected chi connectivity index (χ0v) is 17.0. The van der Waals surface area contributed by atoms with E-state index in [0.29, 0.717) is 17.1 Å². The maximum Gasteiger partial charge on any atom is 0.352 e. The number of esters is 1. The lowest BCUT2D eigenvalue weighted by Crippen LogP contribution is -2.28. The molecule has 1 heterocycles. The van der Waals surface area contributed by atoms with E-state index in [4.69, 9.17) is 18.6 Å². The van der Waals surface area contributed by atoms with Crippen LogP contribution in [0, 0.1) is 6.92 Å². The minimum absolute atomic E-state index is 0.272. The molecule has 6 heteroatoms. The Morgan fingerprint density at radius 2 is 1.48 bits per heavy atom. The largest absolute Gasteiger partial charge is 0.479 e. The lowest BCUT2D eigenvalue weighted by atomic mass is 10.1. The number of carbonyl (C=O) groups excluding carboxylic acids is 1. The number of hydrogen-bond donors (Lipinski definition) is 0. The quantitative estimate of drug-likeness (QED) is 0.242. The van der Waals surface area contributed by atoms with E-state index in [0.717, 1.165) is 16.7 Å². The van der Waals surface area contributed by atoms with Gasteiger partial charge >= 0.3 is 11.6 Å². The van der Waals surface area contributed by atoms with E-state index in [1.165, 1.54) is 12.1 Å². The molecule has 0 saturated heterocycles. The van der Waals surface area contributed by atoms with Crippen LogP contribution in [-0.2, 0) is 4.79 Å². The van der Waals surface area contributed by atoms with E-state index in [9.17, 15) is 9.59 Å². The molecule has 0 saturated carbocycles. The Morgan fingerprint density at radius 1 is 0.839 bits per heavy atom. The first-order chi connectivity index (χ1) is 15.0. The molecule has 1 unspecified atom stereocenters. The molecule has 0 amide bonds. The molecule has 0 aliphatic rings. The van der Waals surface area contributed by atoms with Gasteiger partial charge in [0.25, 0.3) is 0 Å². The molecule has 0 bridgehead atoms. The Balaban J connectivity index is 1.39. The topological polar surface area (TPSA) is 75.0 Å². The monoisotopic (exact) mass is 416 g/mol. The zero-order valence-electron chi connectivity index (χ0n) is 17.0. The third kappa shape index (κ3) is 4.93. The first kappa shape index (κ1) is 20.2. The van der Waals surface area contributed by atoms with Gasteiger partial charge in [0, 0.05) is 17.5 Å². The SMILES string of the molecule is Cc1cc(=O)oc2cc(OC(=O)C(C)Oc3ccc(Oc4ccccc4)cc3)ccc12. The second kappa shape index (κ2) is 8.75. The maximum absolute atomic E-state index is 12.4. The van der Waals surface area contributed by atoms with Gasteiger partial charge in [0.1, 0.15) is 28.6 Å². The highest BCUT2D eigenvalue weighted by Crippen LogP contribution is 2.25. The Kier molecular flexibility index (Phi) is 5.71.